The van der Waals surface area contributed by atoms with E-state index in [1.54, 1.807) is 6.07 Å². The molecule has 2 aliphatic heterocycles. The summed E-state index contributed by atoms with van der Waals surface area (Å²) in [5.41, 5.74) is 2.17. The lowest BCUT2D eigenvalue weighted by atomic mass is 10.2. The van der Waals surface area contributed by atoms with Crippen LogP contribution in [-0.2, 0) is 17.9 Å². The number of carbonyl (C=O) groups excluding carboxylic acids is 1. The summed E-state index contributed by atoms with van der Waals surface area (Å²) in [7, 11) is 0. The molecule has 1 amide bonds. The van der Waals surface area contributed by atoms with Crippen LogP contribution in [0.1, 0.15) is 37.8 Å². The third kappa shape index (κ3) is 3.56. The average Bonchev–Trinajstić information content (AvgIpc) is 2.78. The molecule has 0 N–H and O–H groups in total. The molecule has 1 fully saturated rings. The highest BCUT2D eigenvalue weighted by Crippen LogP contribution is 2.25. The largest absolute Gasteiger partial charge is 0.341 e. The van der Waals surface area contributed by atoms with E-state index in [-0.39, 0.29) is 11.7 Å². The number of amides is 1. The number of likely N-dealkylation sites (tertiary alicyclic amines) is 1. The summed E-state index contributed by atoms with van der Waals surface area (Å²) >= 11 is 0. The van der Waals surface area contributed by atoms with Crippen LogP contribution in [0.5, 0.6) is 0 Å². The Morgan fingerprint density at radius 2 is 1.80 bits per heavy atom. The molecule has 0 saturated carbocycles. The Morgan fingerprint density at radius 1 is 1.00 bits per heavy atom. The number of aromatic nitrogens is 1. The van der Waals surface area contributed by atoms with Gasteiger partial charge in [-0.05, 0) is 50.2 Å². The topological polar surface area (TPSA) is 28.5 Å². The van der Waals surface area contributed by atoms with Gasteiger partial charge < -0.3 is 14.4 Å². The molecule has 4 nitrogen and oxygen atoms in total. The lowest BCUT2D eigenvalue weighted by molar-refractivity contribution is -0.133. The normalized spacial score (nSPS) is 19.0. The van der Waals surface area contributed by atoms with Crippen molar-refractivity contribution < 1.29 is 9.18 Å². The van der Waals surface area contributed by atoms with Gasteiger partial charge in [0.15, 0.2) is 0 Å². The van der Waals surface area contributed by atoms with Crippen LogP contribution in [0.25, 0.3) is 10.9 Å². The first-order chi connectivity index (χ1) is 12.2. The van der Waals surface area contributed by atoms with E-state index in [0.717, 1.165) is 49.3 Å². The van der Waals surface area contributed by atoms with E-state index in [1.807, 2.05) is 17.0 Å². The Kier molecular flexibility index (Phi) is 4.75. The van der Waals surface area contributed by atoms with Crippen LogP contribution in [-0.4, -0.2) is 46.5 Å². The van der Waals surface area contributed by atoms with Gasteiger partial charge in [0, 0.05) is 42.7 Å². The van der Waals surface area contributed by atoms with Crippen LogP contribution >= 0.6 is 0 Å². The Labute approximate surface area is 148 Å². The van der Waals surface area contributed by atoms with Gasteiger partial charge in [0.1, 0.15) is 5.82 Å². The minimum atomic E-state index is -0.208. The maximum absolute atomic E-state index is 13.4. The molecule has 1 saturated heterocycles. The molecule has 0 unspecified atom stereocenters. The van der Waals surface area contributed by atoms with Crippen LogP contribution in [0.2, 0.25) is 0 Å². The van der Waals surface area contributed by atoms with Crippen molar-refractivity contribution in [2.75, 3.05) is 26.2 Å². The van der Waals surface area contributed by atoms with Crippen LogP contribution in [0.4, 0.5) is 4.39 Å². The van der Waals surface area contributed by atoms with E-state index >= 15 is 0 Å². The fourth-order valence-electron chi connectivity index (χ4n) is 4.17. The van der Waals surface area contributed by atoms with E-state index < -0.39 is 0 Å². The van der Waals surface area contributed by atoms with Crippen molar-refractivity contribution in [3.8, 4) is 0 Å². The number of rotatable bonds is 3. The first-order valence-corrected chi connectivity index (χ1v) is 9.48. The molecule has 0 spiro atoms. The summed E-state index contributed by atoms with van der Waals surface area (Å²) in [6.07, 6.45) is 5.77. The maximum atomic E-state index is 13.4. The first kappa shape index (κ1) is 16.6. The van der Waals surface area contributed by atoms with E-state index in [0.29, 0.717) is 13.0 Å². The minimum absolute atomic E-state index is 0.208. The van der Waals surface area contributed by atoms with Gasteiger partial charge in [0.25, 0.3) is 0 Å². The molecule has 0 atom stereocenters. The zero-order valence-corrected chi connectivity index (χ0v) is 14.7. The highest BCUT2D eigenvalue weighted by Gasteiger charge is 2.23. The van der Waals surface area contributed by atoms with Crippen molar-refractivity contribution >= 4 is 16.8 Å². The standard InChI is InChI=1S/C20H26FN3O/c21-17-5-6-19-16(13-17)14-18-15-23(11-12-24(18)19)20(25)7-10-22-8-3-1-2-4-9-22/h5-6,13-14H,1-4,7-12,15H2. The molecule has 4 rings (SSSR count). The average molecular weight is 343 g/mol. The highest BCUT2D eigenvalue weighted by atomic mass is 19.1. The fourth-order valence-corrected chi connectivity index (χ4v) is 4.17. The van der Waals surface area contributed by atoms with Gasteiger partial charge in [-0.1, -0.05) is 12.8 Å². The zero-order valence-electron chi connectivity index (χ0n) is 14.7. The molecule has 3 heterocycles. The van der Waals surface area contributed by atoms with E-state index in [9.17, 15) is 9.18 Å². The third-order valence-corrected chi connectivity index (χ3v) is 5.59. The quantitative estimate of drug-likeness (QED) is 0.855. The van der Waals surface area contributed by atoms with Crippen LogP contribution in [0.3, 0.4) is 0 Å². The van der Waals surface area contributed by atoms with Gasteiger partial charge in [-0.15, -0.1) is 0 Å². The Morgan fingerprint density at radius 3 is 2.60 bits per heavy atom. The summed E-state index contributed by atoms with van der Waals surface area (Å²) in [5, 5.41) is 0.925. The lowest BCUT2D eigenvalue weighted by Gasteiger charge is -2.30. The monoisotopic (exact) mass is 343 g/mol. The van der Waals surface area contributed by atoms with E-state index in [2.05, 4.69) is 9.47 Å². The highest BCUT2D eigenvalue weighted by molar-refractivity contribution is 5.82. The first-order valence-electron chi connectivity index (χ1n) is 9.48. The second-order valence-corrected chi connectivity index (χ2v) is 7.31. The number of carbonyl (C=O) groups is 1. The van der Waals surface area contributed by atoms with Gasteiger partial charge in [-0.25, -0.2) is 4.39 Å². The zero-order chi connectivity index (χ0) is 17.2. The molecule has 2 aliphatic rings. The summed E-state index contributed by atoms with van der Waals surface area (Å²) in [4.78, 5) is 17.0. The minimum Gasteiger partial charge on any atom is -0.341 e. The smallest absolute Gasteiger partial charge is 0.224 e. The van der Waals surface area contributed by atoms with Crippen molar-refractivity contribution in [2.24, 2.45) is 0 Å². The molecule has 2 aromatic rings. The van der Waals surface area contributed by atoms with Gasteiger partial charge in [-0.3, -0.25) is 4.79 Å². The molecule has 25 heavy (non-hydrogen) atoms. The number of nitrogens with zero attached hydrogens (tertiary/aromatic N) is 3. The molecule has 0 radical (unpaired) electrons. The van der Waals surface area contributed by atoms with Crippen LogP contribution in [0.15, 0.2) is 24.3 Å². The number of fused-ring (bicyclic) bond motifs is 3. The molecule has 134 valence electrons. The molecule has 1 aromatic carbocycles. The fraction of sp³-hybridized carbons (Fsp3) is 0.550. The number of hydrogen-bond acceptors (Lipinski definition) is 2. The predicted molar refractivity (Wildman–Crippen MR) is 96.8 cm³/mol. The van der Waals surface area contributed by atoms with E-state index in [1.165, 1.54) is 31.7 Å². The molecule has 0 bridgehead atoms. The third-order valence-electron chi connectivity index (χ3n) is 5.59. The van der Waals surface area contributed by atoms with Gasteiger partial charge in [0.05, 0.1) is 6.54 Å². The van der Waals surface area contributed by atoms with Gasteiger partial charge >= 0.3 is 0 Å². The van der Waals surface area contributed by atoms with Crippen molar-refractivity contribution in [2.45, 2.75) is 45.2 Å². The summed E-state index contributed by atoms with van der Waals surface area (Å²) < 4.78 is 15.6. The lowest BCUT2D eigenvalue weighted by Crippen LogP contribution is -2.39. The Hall–Kier alpha value is -1.88. The number of hydrogen-bond donors (Lipinski definition) is 0. The number of halogens is 1. The maximum Gasteiger partial charge on any atom is 0.224 e. The Bertz CT molecular complexity index is 762. The van der Waals surface area contributed by atoms with Crippen LogP contribution in [0, 0.1) is 5.82 Å². The Balaban J connectivity index is 1.39. The van der Waals surface area contributed by atoms with Crippen molar-refractivity contribution in [3.05, 3.63) is 35.8 Å². The molecule has 5 heteroatoms. The molecule has 0 aliphatic carbocycles. The second-order valence-electron chi connectivity index (χ2n) is 7.31. The number of benzene rings is 1. The van der Waals surface area contributed by atoms with Gasteiger partial charge in [0.2, 0.25) is 5.91 Å². The van der Waals surface area contributed by atoms with Crippen LogP contribution < -0.4 is 0 Å². The SMILES string of the molecule is O=C(CCN1CCCCCC1)N1CCn2c(cc3cc(F)ccc32)C1. The van der Waals surface area contributed by atoms with Crippen molar-refractivity contribution in [3.63, 3.8) is 0 Å². The molecule has 1 aromatic heterocycles. The van der Waals surface area contributed by atoms with Gasteiger partial charge in [-0.2, -0.15) is 0 Å². The van der Waals surface area contributed by atoms with Crippen molar-refractivity contribution in [1.82, 2.24) is 14.4 Å². The summed E-state index contributed by atoms with van der Waals surface area (Å²) in [6, 6.07) is 6.94. The van der Waals surface area contributed by atoms with Crippen molar-refractivity contribution in [1.29, 1.82) is 0 Å². The van der Waals surface area contributed by atoms with E-state index in [4.69, 9.17) is 0 Å². The molecular formula is C20H26FN3O. The molecular weight excluding hydrogens is 317 g/mol. The predicted octanol–water partition coefficient (Wildman–Crippen LogP) is 3.39. The second kappa shape index (κ2) is 7.16. The summed E-state index contributed by atoms with van der Waals surface area (Å²) in [5.74, 6) is 0.0350. The summed E-state index contributed by atoms with van der Waals surface area (Å²) in [6.45, 7) is 5.31.